The molecule has 3 nitrogen and oxygen atoms in total. The van der Waals surface area contributed by atoms with E-state index in [9.17, 15) is 0 Å². The number of unbranched alkanes of at least 4 members (excludes halogenated alkanes) is 14. The van der Waals surface area contributed by atoms with Crippen molar-refractivity contribution in [3.05, 3.63) is 11.6 Å². The summed E-state index contributed by atoms with van der Waals surface area (Å²) in [5, 5.41) is 7.72. The van der Waals surface area contributed by atoms with Crippen LogP contribution >= 0.6 is 24.8 Å². The van der Waals surface area contributed by atoms with Gasteiger partial charge in [0.05, 0.1) is 0 Å². The van der Waals surface area contributed by atoms with Crippen molar-refractivity contribution in [2.75, 3.05) is 13.1 Å². The molecule has 0 aromatic heterocycles. The average molecular weight is 699 g/mol. The van der Waals surface area contributed by atoms with Crippen molar-refractivity contribution in [3.8, 4) is 0 Å². The first-order chi connectivity index (χ1) is 22.0. The highest BCUT2D eigenvalue weighted by Crippen LogP contribution is 2.35. The molecule has 5 heteroatoms. The van der Waals surface area contributed by atoms with Crippen LogP contribution in [0.3, 0.4) is 0 Å². The first-order valence-electron chi connectivity index (χ1n) is 20.9. The van der Waals surface area contributed by atoms with Crippen LogP contribution in [0.2, 0.25) is 0 Å². The van der Waals surface area contributed by atoms with Gasteiger partial charge in [0.2, 0.25) is 0 Å². The molecule has 47 heavy (non-hydrogen) atoms. The van der Waals surface area contributed by atoms with Crippen molar-refractivity contribution in [1.82, 2.24) is 15.5 Å². The summed E-state index contributed by atoms with van der Waals surface area (Å²) in [6.07, 6.45) is 40.2. The molecule has 2 N–H and O–H groups in total. The maximum Gasteiger partial charge on any atom is 0.0196 e. The molecule has 0 radical (unpaired) electrons. The number of fused-ring (bicyclic) bond motifs is 1. The Bertz CT molecular complexity index is 805. The second-order valence-corrected chi connectivity index (χ2v) is 16.9. The Morgan fingerprint density at radius 3 is 1.49 bits per heavy atom. The molecule has 6 unspecified atom stereocenters. The Kier molecular flexibility index (Phi) is 23.3. The Hall–Kier alpha value is 0.200. The van der Waals surface area contributed by atoms with Crippen molar-refractivity contribution < 1.29 is 0 Å². The van der Waals surface area contributed by atoms with Crippen LogP contribution < -0.4 is 10.6 Å². The molecule has 0 bridgehead atoms. The fourth-order valence-electron chi connectivity index (χ4n) is 9.46. The van der Waals surface area contributed by atoms with Crippen molar-refractivity contribution >= 4 is 24.8 Å². The van der Waals surface area contributed by atoms with Crippen LogP contribution in [-0.4, -0.2) is 48.2 Å². The zero-order valence-electron chi connectivity index (χ0n) is 31.8. The maximum atomic E-state index is 3.86. The van der Waals surface area contributed by atoms with Gasteiger partial charge in [-0.2, -0.15) is 0 Å². The van der Waals surface area contributed by atoms with Crippen molar-refractivity contribution in [2.24, 2.45) is 17.8 Å². The molecule has 0 saturated carbocycles. The molecule has 0 aliphatic carbocycles. The Labute approximate surface area is 306 Å². The molecule has 4 aliphatic heterocycles. The minimum atomic E-state index is 0. The van der Waals surface area contributed by atoms with E-state index in [-0.39, 0.29) is 24.8 Å². The molecule has 3 fully saturated rings. The second-order valence-electron chi connectivity index (χ2n) is 16.9. The minimum Gasteiger partial charge on any atom is -0.311 e. The Morgan fingerprint density at radius 1 is 0.553 bits per heavy atom. The van der Waals surface area contributed by atoms with Gasteiger partial charge in [0.1, 0.15) is 0 Å². The van der Waals surface area contributed by atoms with Crippen LogP contribution in [-0.2, 0) is 0 Å². The fourth-order valence-corrected chi connectivity index (χ4v) is 9.46. The van der Waals surface area contributed by atoms with Gasteiger partial charge in [0.15, 0.2) is 0 Å². The quantitative estimate of drug-likeness (QED) is 0.0870. The minimum absolute atomic E-state index is 0. The SMILES string of the molecule is CC1CCC(CCCCCCCCCCC2=C[C@@H](CCCCCCCCCCC3CCC(C)C(C)N3)[C@@H]3CCCN3C2)NC1C.Cl.Cl. The van der Waals surface area contributed by atoms with E-state index in [1.54, 1.807) is 5.57 Å². The zero-order valence-corrected chi connectivity index (χ0v) is 33.4. The molecule has 4 aliphatic rings. The summed E-state index contributed by atoms with van der Waals surface area (Å²) >= 11 is 0. The number of piperidine rings is 2. The highest BCUT2D eigenvalue weighted by atomic mass is 35.5. The predicted octanol–water partition coefficient (Wildman–Crippen LogP) is 12.2. The first kappa shape index (κ1) is 43.4. The molecule has 0 aromatic carbocycles. The molecule has 0 amide bonds. The molecular formula is C42H81Cl2N3. The summed E-state index contributed by atoms with van der Waals surface area (Å²) < 4.78 is 0. The van der Waals surface area contributed by atoms with E-state index in [4.69, 9.17) is 0 Å². The number of halogens is 2. The van der Waals surface area contributed by atoms with E-state index in [0.29, 0.717) is 0 Å². The smallest absolute Gasteiger partial charge is 0.0196 e. The molecule has 0 spiro atoms. The Morgan fingerprint density at radius 2 is 1.00 bits per heavy atom. The third-order valence-electron chi connectivity index (χ3n) is 13.1. The maximum absolute atomic E-state index is 3.86. The number of hydrogen-bond donors (Lipinski definition) is 2. The molecule has 0 aromatic rings. The van der Waals surface area contributed by atoms with Crippen molar-refractivity contribution in [1.29, 1.82) is 0 Å². The summed E-state index contributed by atoms with van der Waals surface area (Å²) in [6, 6.07) is 3.91. The van der Waals surface area contributed by atoms with Gasteiger partial charge in [0, 0.05) is 36.8 Å². The molecular weight excluding hydrogens is 617 g/mol. The lowest BCUT2D eigenvalue weighted by molar-refractivity contribution is 0.199. The molecule has 4 rings (SSSR count). The Balaban J connectivity index is 0.00000384. The van der Waals surface area contributed by atoms with Crippen molar-refractivity contribution in [3.63, 3.8) is 0 Å². The highest BCUT2D eigenvalue weighted by Gasteiger charge is 2.34. The normalized spacial score (nSPS) is 31.1. The summed E-state index contributed by atoms with van der Waals surface area (Å²) in [4.78, 5) is 2.87. The van der Waals surface area contributed by atoms with E-state index in [1.165, 1.54) is 180 Å². The summed E-state index contributed by atoms with van der Waals surface area (Å²) in [6.45, 7) is 12.2. The third kappa shape index (κ3) is 16.4. The van der Waals surface area contributed by atoms with Crippen molar-refractivity contribution in [2.45, 2.75) is 225 Å². The van der Waals surface area contributed by atoms with Gasteiger partial charge in [0.25, 0.3) is 0 Å². The number of rotatable bonds is 22. The molecule has 3 saturated heterocycles. The van der Waals surface area contributed by atoms with Gasteiger partial charge in [-0.3, -0.25) is 4.90 Å². The van der Waals surface area contributed by atoms with Gasteiger partial charge < -0.3 is 10.6 Å². The van der Waals surface area contributed by atoms with Crippen LogP contribution in [0, 0.1) is 17.8 Å². The van der Waals surface area contributed by atoms with E-state index in [1.807, 2.05) is 0 Å². The summed E-state index contributed by atoms with van der Waals surface area (Å²) in [5.41, 5.74) is 1.80. The first-order valence-corrected chi connectivity index (χ1v) is 20.9. The van der Waals surface area contributed by atoms with Gasteiger partial charge in [-0.1, -0.05) is 122 Å². The molecule has 278 valence electrons. The zero-order chi connectivity index (χ0) is 31.7. The number of nitrogens with zero attached hydrogens (tertiary/aromatic N) is 1. The summed E-state index contributed by atoms with van der Waals surface area (Å²) in [5.74, 6) is 2.58. The second kappa shape index (κ2) is 25.2. The lowest BCUT2D eigenvalue weighted by Crippen LogP contribution is -2.44. The van der Waals surface area contributed by atoms with E-state index in [2.05, 4.69) is 49.3 Å². The lowest BCUT2D eigenvalue weighted by atomic mass is 9.85. The topological polar surface area (TPSA) is 27.3 Å². The fraction of sp³-hybridized carbons (Fsp3) is 0.952. The largest absolute Gasteiger partial charge is 0.311 e. The van der Waals surface area contributed by atoms with E-state index < -0.39 is 0 Å². The molecule has 8 atom stereocenters. The standard InChI is InChI=1S/C42H79N3.2ClH/c1-34-27-29-40(43-36(34)3)24-19-15-11-7-5-9-13-17-22-38-32-39(42-26-21-31-45(42)33-38)23-18-14-10-6-8-12-16-20-25-41-30-28-35(2)37(4)44-41;;/h32,34-37,39-44H,5-31,33H2,1-4H3;2*1H/t34?,35?,36?,37?,39-,40?,41?,42+;;/m1../s1. The van der Waals surface area contributed by atoms with Crippen LogP contribution in [0.15, 0.2) is 11.6 Å². The lowest BCUT2D eigenvalue weighted by Gasteiger charge is -2.36. The monoisotopic (exact) mass is 698 g/mol. The number of hydrogen-bond acceptors (Lipinski definition) is 3. The molecule has 4 heterocycles. The highest BCUT2D eigenvalue weighted by molar-refractivity contribution is 5.85. The van der Waals surface area contributed by atoms with Gasteiger partial charge in [-0.25, -0.2) is 0 Å². The van der Waals surface area contributed by atoms with Gasteiger partial charge in [-0.05, 0) is 109 Å². The van der Waals surface area contributed by atoms with E-state index >= 15 is 0 Å². The number of nitrogens with one attached hydrogen (secondary N) is 2. The predicted molar refractivity (Wildman–Crippen MR) is 213 cm³/mol. The van der Waals surface area contributed by atoms with E-state index in [0.717, 1.165) is 48.0 Å². The summed E-state index contributed by atoms with van der Waals surface area (Å²) in [7, 11) is 0. The van der Waals surface area contributed by atoms with Gasteiger partial charge in [-0.15, -0.1) is 24.8 Å². The average Bonchev–Trinajstić information content (AvgIpc) is 3.51. The third-order valence-corrected chi connectivity index (χ3v) is 13.1. The van der Waals surface area contributed by atoms with Crippen LogP contribution in [0.1, 0.15) is 195 Å². The van der Waals surface area contributed by atoms with Crippen LogP contribution in [0.4, 0.5) is 0 Å². The van der Waals surface area contributed by atoms with Gasteiger partial charge >= 0.3 is 0 Å². The van der Waals surface area contributed by atoms with Crippen LogP contribution in [0.5, 0.6) is 0 Å². The van der Waals surface area contributed by atoms with Crippen LogP contribution in [0.25, 0.3) is 0 Å².